The van der Waals surface area contributed by atoms with Crippen molar-refractivity contribution in [2.24, 2.45) is 0 Å². The molecule has 1 aliphatic rings. The first-order valence-corrected chi connectivity index (χ1v) is 10.1. The molecular formula is C22H20ClN5O. The third kappa shape index (κ3) is 3.57. The number of anilines is 1. The molecule has 1 saturated heterocycles. The molecule has 0 bridgehead atoms. The Bertz CT molecular complexity index is 1250. The molecule has 6 nitrogen and oxygen atoms in total. The Morgan fingerprint density at radius 1 is 0.931 bits per heavy atom. The number of benzene rings is 2. The lowest BCUT2D eigenvalue weighted by molar-refractivity contribution is 0.243. The lowest BCUT2D eigenvalue weighted by atomic mass is 10.1. The molecule has 3 heterocycles. The van der Waals surface area contributed by atoms with Gasteiger partial charge in [0.25, 0.3) is 5.56 Å². The van der Waals surface area contributed by atoms with Crippen LogP contribution in [0.1, 0.15) is 5.82 Å². The van der Waals surface area contributed by atoms with Gasteiger partial charge in [0.05, 0.1) is 17.4 Å². The highest BCUT2D eigenvalue weighted by molar-refractivity contribution is 6.34. The Morgan fingerprint density at radius 2 is 1.66 bits per heavy atom. The fraction of sp³-hybridized carbons (Fsp3) is 0.227. The Morgan fingerprint density at radius 3 is 2.48 bits per heavy atom. The number of halogens is 1. The van der Waals surface area contributed by atoms with Crippen LogP contribution in [0.15, 0.2) is 59.4 Å². The van der Waals surface area contributed by atoms with Gasteiger partial charge in [-0.1, -0.05) is 48.0 Å². The summed E-state index contributed by atoms with van der Waals surface area (Å²) in [5.41, 5.74) is 0.652. The summed E-state index contributed by atoms with van der Waals surface area (Å²) in [4.78, 5) is 28.9. The fourth-order valence-electron chi connectivity index (χ4n) is 3.86. The second-order valence-corrected chi connectivity index (χ2v) is 7.64. The van der Waals surface area contributed by atoms with Gasteiger partial charge in [0.1, 0.15) is 16.8 Å². The summed E-state index contributed by atoms with van der Waals surface area (Å²) in [5.74, 6) is 1.61. The highest BCUT2D eigenvalue weighted by atomic mass is 35.5. The molecule has 29 heavy (non-hydrogen) atoms. The Hall–Kier alpha value is -2.96. The van der Waals surface area contributed by atoms with Gasteiger partial charge in [0, 0.05) is 31.6 Å². The minimum atomic E-state index is -0.0840. The Balaban J connectivity index is 1.30. The van der Waals surface area contributed by atoms with Gasteiger partial charge >= 0.3 is 0 Å². The van der Waals surface area contributed by atoms with E-state index in [1.165, 1.54) is 0 Å². The number of hydrogen-bond donors (Lipinski definition) is 1. The molecule has 1 fully saturated rings. The van der Waals surface area contributed by atoms with Crippen molar-refractivity contribution in [2.75, 3.05) is 31.1 Å². The van der Waals surface area contributed by atoms with E-state index >= 15 is 0 Å². The zero-order chi connectivity index (χ0) is 19.8. The molecule has 1 aliphatic heterocycles. The molecular weight excluding hydrogens is 386 g/mol. The topological polar surface area (TPSA) is 65.1 Å². The molecule has 1 N–H and O–H groups in total. The van der Waals surface area contributed by atoms with E-state index in [-0.39, 0.29) is 5.56 Å². The van der Waals surface area contributed by atoms with E-state index in [9.17, 15) is 4.79 Å². The summed E-state index contributed by atoms with van der Waals surface area (Å²) in [6, 6.07) is 17.6. The summed E-state index contributed by atoms with van der Waals surface area (Å²) in [6.07, 6.45) is 0. The van der Waals surface area contributed by atoms with E-state index in [0.29, 0.717) is 22.9 Å². The SMILES string of the molecule is O=c1[nH]c(CN2CCN(c3cc4ccccc4c(Cl)n3)CC2)nc2ccccc12. The van der Waals surface area contributed by atoms with Crippen molar-refractivity contribution in [3.63, 3.8) is 0 Å². The number of piperazine rings is 1. The standard InChI is InChI=1S/C22H20ClN5O/c23-21-16-6-2-1-5-15(16)13-20(26-21)28-11-9-27(10-12-28)14-19-24-18-8-4-3-7-17(18)22(29)25-19/h1-8,13H,9-12,14H2,(H,24,25,29). The third-order valence-corrected chi connectivity index (χ3v) is 5.70. The Labute approximate surface area is 172 Å². The van der Waals surface area contributed by atoms with Crippen molar-refractivity contribution in [3.05, 3.63) is 75.9 Å². The van der Waals surface area contributed by atoms with E-state index in [2.05, 4.69) is 36.9 Å². The maximum atomic E-state index is 12.3. The summed E-state index contributed by atoms with van der Waals surface area (Å²) >= 11 is 6.39. The smallest absolute Gasteiger partial charge is 0.258 e. The molecule has 0 unspecified atom stereocenters. The minimum absolute atomic E-state index is 0.0840. The summed E-state index contributed by atoms with van der Waals surface area (Å²) in [6.45, 7) is 4.05. The van der Waals surface area contributed by atoms with Crippen LogP contribution in [0.25, 0.3) is 21.7 Å². The molecule has 2 aromatic heterocycles. The highest BCUT2D eigenvalue weighted by Crippen LogP contribution is 2.27. The van der Waals surface area contributed by atoms with Crippen LogP contribution >= 0.6 is 11.6 Å². The van der Waals surface area contributed by atoms with Crippen LogP contribution in [0.5, 0.6) is 0 Å². The molecule has 2 aromatic carbocycles. The molecule has 0 atom stereocenters. The number of aromatic amines is 1. The zero-order valence-electron chi connectivity index (χ0n) is 15.8. The number of nitrogens with zero attached hydrogens (tertiary/aromatic N) is 4. The van der Waals surface area contributed by atoms with Crippen molar-refractivity contribution >= 4 is 39.1 Å². The molecule has 4 aromatic rings. The van der Waals surface area contributed by atoms with Gasteiger partial charge in [0.2, 0.25) is 0 Å². The number of H-pyrrole nitrogens is 1. The molecule has 0 radical (unpaired) electrons. The second-order valence-electron chi connectivity index (χ2n) is 7.29. The predicted octanol–water partition coefficient (Wildman–Crippen LogP) is 3.45. The number of para-hydroxylation sites is 1. The average molecular weight is 406 g/mol. The Kier molecular flexibility index (Phi) is 4.66. The molecule has 5 rings (SSSR count). The van der Waals surface area contributed by atoms with Gasteiger partial charge < -0.3 is 9.88 Å². The van der Waals surface area contributed by atoms with Crippen LogP contribution in [0.4, 0.5) is 5.82 Å². The van der Waals surface area contributed by atoms with Crippen LogP contribution in [-0.2, 0) is 6.54 Å². The number of hydrogen-bond acceptors (Lipinski definition) is 5. The summed E-state index contributed by atoms with van der Waals surface area (Å²) in [7, 11) is 0. The normalized spacial score (nSPS) is 15.3. The molecule has 0 spiro atoms. The molecule has 146 valence electrons. The molecule has 0 aliphatic carbocycles. The first-order chi connectivity index (χ1) is 14.2. The van der Waals surface area contributed by atoms with E-state index < -0.39 is 0 Å². The van der Waals surface area contributed by atoms with Crippen molar-refractivity contribution < 1.29 is 0 Å². The van der Waals surface area contributed by atoms with Gasteiger partial charge in [-0.05, 0) is 23.6 Å². The van der Waals surface area contributed by atoms with Crippen LogP contribution in [0.3, 0.4) is 0 Å². The average Bonchev–Trinajstić information content (AvgIpc) is 2.74. The first kappa shape index (κ1) is 18.1. The number of rotatable bonds is 3. The molecule has 0 amide bonds. The molecule has 7 heteroatoms. The van der Waals surface area contributed by atoms with E-state index in [1.54, 1.807) is 6.07 Å². The quantitative estimate of drug-likeness (QED) is 0.529. The second kappa shape index (κ2) is 7.46. The number of pyridine rings is 1. The van der Waals surface area contributed by atoms with Crippen LogP contribution in [-0.4, -0.2) is 46.0 Å². The van der Waals surface area contributed by atoms with Crippen LogP contribution < -0.4 is 10.5 Å². The monoisotopic (exact) mass is 405 g/mol. The zero-order valence-corrected chi connectivity index (χ0v) is 16.6. The van der Waals surface area contributed by atoms with E-state index in [0.717, 1.165) is 48.3 Å². The van der Waals surface area contributed by atoms with Gasteiger partial charge in [-0.2, -0.15) is 0 Å². The maximum absolute atomic E-state index is 12.3. The maximum Gasteiger partial charge on any atom is 0.258 e. The van der Waals surface area contributed by atoms with Gasteiger partial charge in [-0.3, -0.25) is 9.69 Å². The largest absolute Gasteiger partial charge is 0.354 e. The van der Waals surface area contributed by atoms with Crippen molar-refractivity contribution in [1.29, 1.82) is 0 Å². The van der Waals surface area contributed by atoms with Gasteiger partial charge in [0.15, 0.2) is 0 Å². The number of fused-ring (bicyclic) bond motifs is 2. The fourth-order valence-corrected chi connectivity index (χ4v) is 4.12. The van der Waals surface area contributed by atoms with Gasteiger partial charge in [-0.25, -0.2) is 9.97 Å². The summed E-state index contributed by atoms with van der Waals surface area (Å²) in [5, 5.41) is 3.24. The number of nitrogens with one attached hydrogen (secondary N) is 1. The molecule has 0 saturated carbocycles. The third-order valence-electron chi connectivity index (χ3n) is 5.41. The van der Waals surface area contributed by atoms with Crippen LogP contribution in [0.2, 0.25) is 5.15 Å². The lowest BCUT2D eigenvalue weighted by Crippen LogP contribution is -2.46. The van der Waals surface area contributed by atoms with Crippen molar-refractivity contribution in [1.82, 2.24) is 19.9 Å². The minimum Gasteiger partial charge on any atom is -0.354 e. The number of aromatic nitrogens is 3. The van der Waals surface area contributed by atoms with E-state index in [4.69, 9.17) is 11.6 Å². The highest BCUT2D eigenvalue weighted by Gasteiger charge is 2.20. The van der Waals surface area contributed by atoms with Gasteiger partial charge in [-0.15, -0.1) is 0 Å². The van der Waals surface area contributed by atoms with Crippen LogP contribution in [0, 0.1) is 0 Å². The van der Waals surface area contributed by atoms with Crippen molar-refractivity contribution in [2.45, 2.75) is 6.54 Å². The van der Waals surface area contributed by atoms with E-state index in [1.807, 2.05) is 36.4 Å². The van der Waals surface area contributed by atoms with Crippen molar-refractivity contribution in [3.8, 4) is 0 Å². The summed E-state index contributed by atoms with van der Waals surface area (Å²) < 4.78 is 0. The lowest BCUT2D eigenvalue weighted by Gasteiger charge is -2.35. The first-order valence-electron chi connectivity index (χ1n) is 9.68. The predicted molar refractivity (Wildman–Crippen MR) is 117 cm³/mol.